The molecule has 21 heavy (non-hydrogen) atoms. The lowest BCUT2D eigenvalue weighted by Crippen LogP contribution is -2.24. The van der Waals surface area contributed by atoms with E-state index in [1.807, 2.05) is 12.1 Å². The molecule has 0 saturated carbocycles. The molecule has 0 fully saturated rings. The molecule has 1 unspecified atom stereocenters. The number of hydrogen-bond acceptors (Lipinski definition) is 3. The van der Waals surface area contributed by atoms with Crippen molar-refractivity contribution < 1.29 is 0 Å². The molecule has 0 aliphatic heterocycles. The predicted octanol–water partition coefficient (Wildman–Crippen LogP) is 5.08. The Morgan fingerprint density at radius 3 is 2.81 bits per heavy atom. The summed E-state index contributed by atoms with van der Waals surface area (Å²) in [5.74, 6) is 0. The Kier molecular flexibility index (Phi) is 6.11. The molecule has 1 atom stereocenters. The van der Waals surface area contributed by atoms with Crippen molar-refractivity contribution in [2.24, 2.45) is 5.73 Å². The van der Waals surface area contributed by atoms with E-state index in [-0.39, 0.29) is 6.04 Å². The summed E-state index contributed by atoms with van der Waals surface area (Å²) in [5.41, 5.74) is 9.70. The molecular weight excluding hydrogens is 368 g/mol. The van der Waals surface area contributed by atoms with Gasteiger partial charge in [0.1, 0.15) is 0 Å². The highest BCUT2D eigenvalue weighted by Gasteiger charge is 2.14. The molecule has 2 rings (SSSR count). The third kappa shape index (κ3) is 4.46. The lowest BCUT2D eigenvalue weighted by molar-refractivity contribution is 0.645. The number of para-hydroxylation sites is 1. The zero-order chi connectivity index (χ0) is 15.4. The zero-order valence-electron chi connectivity index (χ0n) is 12.3. The number of hydrogen-bond donors (Lipinski definition) is 1. The van der Waals surface area contributed by atoms with Gasteiger partial charge < -0.3 is 10.6 Å². The smallest absolute Gasteiger partial charge is 0.0701 e. The molecule has 0 radical (unpaired) electrons. The molecule has 1 heterocycles. The number of nitrogens with two attached hydrogens (primary N) is 1. The number of rotatable bonds is 6. The quantitative estimate of drug-likeness (QED) is 0.749. The van der Waals surface area contributed by atoms with Gasteiger partial charge in [0.25, 0.3) is 0 Å². The summed E-state index contributed by atoms with van der Waals surface area (Å²) >= 11 is 11.6. The highest BCUT2D eigenvalue weighted by atomic mass is 79.9. The van der Waals surface area contributed by atoms with Gasteiger partial charge in [-0.2, -0.15) is 0 Å². The Morgan fingerprint density at radius 1 is 1.43 bits per heavy atom. The first-order valence-corrected chi connectivity index (χ1v) is 9.03. The molecule has 114 valence electrons. The molecule has 1 aromatic heterocycles. The van der Waals surface area contributed by atoms with E-state index in [1.54, 1.807) is 11.3 Å². The second kappa shape index (κ2) is 7.63. The second-order valence-electron chi connectivity index (χ2n) is 5.24. The summed E-state index contributed by atoms with van der Waals surface area (Å²) in [5, 5.41) is 2.95. The number of anilines is 1. The van der Waals surface area contributed by atoms with Crippen molar-refractivity contribution in [2.45, 2.75) is 32.4 Å². The molecule has 2 aromatic rings. The summed E-state index contributed by atoms with van der Waals surface area (Å²) in [4.78, 5) is 2.20. The fraction of sp³-hybridized carbons (Fsp3) is 0.375. The van der Waals surface area contributed by atoms with Gasteiger partial charge in [-0.3, -0.25) is 0 Å². The SMILES string of the molecule is CCC(N)Cc1cccc(Cl)c1N(C)Cc1csc(Br)c1. The Labute approximate surface area is 144 Å². The Balaban J connectivity index is 2.24. The van der Waals surface area contributed by atoms with Crippen molar-refractivity contribution in [2.75, 3.05) is 11.9 Å². The molecule has 2 N–H and O–H groups in total. The third-order valence-electron chi connectivity index (χ3n) is 3.50. The fourth-order valence-electron chi connectivity index (χ4n) is 2.36. The average molecular weight is 388 g/mol. The molecule has 0 aliphatic rings. The van der Waals surface area contributed by atoms with Crippen LogP contribution < -0.4 is 10.6 Å². The first-order valence-electron chi connectivity index (χ1n) is 6.98. The minimum atomic E-state index is 0.172. The topological polar surface area (TPSA) is 29.3 Å². The number of halogens is 2. The van der Waals surface area contributed by atoms with Gasteiger partial charge in [-0.15, -0.1) is 11.3 Å². The standard InChI is InChI=1S/C16H20BrClN2S/c1-3-13(19)8-12-5-4-6-14(18)16(12)20(2)9-11-7-15(17)21-10-11/h4-7,10,13H,3,8-9,19H2,1-2H3. The van der Waals surface area contributed by atoms with Gasteiger partial charge in [0.05, 0.1) is 14.5 Å². The monoisotopic (exact) mass is 386 g/mol. The van der Waals surface area contributed by atoms with Gasteiger partial charge in [0.2, 0.25) is 0 Å². The third-order valence-corrected chi connectivity index (χ3v) is 5.36. The molecule has 0 saturated heterocycles. The van der Waals surface area contributed by atoms with Crippen LogP contribution >= 0.6 is 38.9 Å². The van der Waals surface area contributed by atoms with Crippen molar-refractivity contribution in [3.63, 3.8) is 0 Å². The number of thiophene rings is 1. The van der Waals surface area contributed by atoms with Crippen LogP contribution in [-0.4, -0.2) is 13.1 Å². The molecular formula is C16H20BrClN2S. The van der Waals surface area contributed by atoms with Crippen LogP contribution in [0.1, 0.15) is 24.5 Å². The highest BCUT2D eigenvalue weighted by Crippen LogP contribution is 2.32. The Hall–Kier alpha value is -0.550. The van der Waals surface area contributed by atoms with Crippen molar-refractivity contribution in [1.29, 1.82) is 0 Å². The van der Waals surface area contributed by atoms with E-state index >= 15 is 0 Å². The zero-order valence-corrected chi connectivity index (χ0v) is 15.4. The van der Waals surface area contributed by atoms with Gasteiger partial charge in [-0.1, -0.05) is 30.7 Å². The first kappa shape index (κ1) is 16.8. The lowest BCUT2D eigenvalue weighted by atomic mass is 10.0. The normalized spacial score (nSPS) is 12.4. The predicted molar refractivity (Wildman–Crippen MR) is 97.5 cm³/mol. The summed E-state index contributed by atoms with van der Waals surface area (Å²) in [6.07, 6.45) is 1.82. The van der Waals surface area contributed by atoms with Crippen LogP contribution in [0.3, 0.4) is 0 Å². The number of benzene rings is 1. The van der Waals surface area contributed by atoms with Gasteiger partial charge in [0.15, 0.2) is 0 Å². The van der Waals surface area contributed by atoms with Crippen molar-refractivity contribution in [3.05, 3.63) is 49.6 Å². The maximum atomic E-state index is 6.43. The minimum absolute atomic E-state index is 0.172. The highest BCUT2D eigenvalue weighted by molar-refractivity contribution is 9.11. The van der Waals surface area contributed by atoms with Crippen LogP contribution in [0.5, 0.6) is 0 Å². The Bertz CT molecular complexity index is 600. The van der Waals surface area contributed by atoms with Crippen LogP contribution in [0.2, 0.25) is 5.02 Å². The van der Waals surface area contributed by atoms with Crippen LogP contribution in [0, 0.1) is 0 Å². The fourth-order valence-corrected chi connectivity index (χ4v) is 3.90. The van der Waals surface area contributed by atoms with E-state index in [4.69, 9.17) is 17.3 Å². The first-order chi connectivity index (χ1) is 10.0. The molecule has 0 bridgehead atoms. The summed E-state index contributed by atoms with van der Waals surface area (Å²) in [7, 11) is 2.08. The summed E-state index contributed by atoms with van der Waals surface area (Å²) < 4.78 is 1.15. The molecule has 0 aliphatic carbocycles. The van der Waals surface area contributed by atoms with Crippen LogP contribution in [0.25, 0.3) is 0 Å². The van der Waals surface area contributed by atoms with E-state index in [0.29, 0.717) is 0 Å². The van der Waals surface area contributed by atoms with Crippen LogP contribution in [-0.2, 0) is 13.0 Å². The maximum Gasteiger partial charge on any atom is 0.0701 e. The van der Waals surface area contributed by atoms with Crippen LogP contribution in [0.4, 0.5) is 5.69 Å². The van der Waals surface area contributed by atoms with Crippen molar-refractivity contribution in [3.8, 4) is 0 Å². The molecule has 2 nitrogen and oxygen atoms in total. The Morgan fingerprint density at radius 2 is 2.19 bits per heavy atom. The summed E-state index contributed by atoms with van der Waals surface area (Å²) in [6, 6.07) is 8.38. The van der Waals surface area contributed by atoms with Gasteiger partial charge in [0, 0.05) is 19.6 Å². The van der Waals surface area contributed by atoms with E-state index in [2.05, 4.69) is 52.3 Å². The molecule has 5 heteroatoms. The molecule has 1 aromatic carbocycles. The van der Waals surface area contributed by atoms with E-state index in [1.165, 1.54) is 11.1 Å². The maximum absolute atomic E-state index is 6.43. The van der Waals surface area contributed by atoms with Gasteiger partial charge in [-0.25, -0.2) is 0 Å². The van der Waals surface area contributed by atoms with Crippen molar-refractivity contribution in [1.82, 2.24) is 0 Å². The molecule has 0 spiro atoms. The van der Waals surface area contributed by atoms with Crippen LogP contribution in [0.15, 0.2) is 33.4 Å². The lowest BCUT2D eigenvalue weighted by Gasteiger charge is -2.24. The van der Waals surface area contributed by atoms with Gasteiger partial charge in [-0.05, 0) is 57.4 Å². The molecule has 0 amide bonds. The second-order valence-corrected chi connectivity index (χ2v) is 7.93. The number of nitrogens with zero attached hydrogens (tertiary/aromatic N) is 1. The van der Waals surface area contributed by atoms with Crippen molar-refractivity contribution >= 4 is 44.6 Å². The van der Waals surface area contributed by atoms with E-state index in [9.17, 15) is 0 Å². The minimum Gasteiger partial charge on any atom is -0.369 e. The van der Waals surface area contributed by atoms with E-state index in [0.717, 1.165) is 33.9 Å². The van der Waals surface area contributed by atoms with E-state index < -0.39 is 0 Å². The summed E-state index contributed by atoms with van der Waals surface area (Å²) in [6.45, 7) is 2.95. The largest absolute Gasteiger partial charge is 0.369 e. The average Bonchev–Trinajstić information content (AvgIpc) is 2.83. The van der Waals surface area contributed by atoms with Gasteiger partial charge >= 0.3 is 0 Å².